The summed E-state index contributed by atoms with van der Waals surface area (Å²) in [4.78, 5) is 31.5. The summed E-state index contributed by atoms with van der Waals surface area (Å²) in [5.74, 6) is 0.351. The predicted molar refractivity (Wildman–Crippen MR) is 115 cm³/mol. The van der Waals surface area contributed by atoms with Gasteiger partial charge in [0.15, 0.2) is 5.01 Å². The summed E-state index contributed by atoms with van der Waals surface area (Å²) in [6.45, 7) is 8.26. The van der Waals surface area contributed by atoms with Gasteiger partial charge in [0, 0.05) is 31.1 Å². The van der Waals surface area contributed by atoms with Crippen LogP contribution < -0.4 is 5.56 Å². The van der Waals surface area contributed by atoms with Crippen molar-refractivity contribution in [1.29, 1.82) is 0 Å². The highest BCUT2D eigenvalue weighted by Crippen LogP contribution is 2.25. The fourth-order valence-corrected chi connectivity index (χ4v) is 4.58. The van der Waals surface area contributed by atoms with E-state index in [1.165, 1.54) is 11.3 Å². The Morgan fingerprint density at radius 3 is 2.55 bits per heavy atom. The third kappa shape index (κ3) is 4.24. The van der Waals surface area contributed by atoms with Crippen molar-refractivity contribution >= 4 is 27.5 Å². The second kappa shape index (κ2) is 7.71. The van der Waals surface area contributed by atoms with E-state index in [2.05, 4.69) is 30.9 Å². The van der Waals surface area contributed by atoms with Crippen molar-refractivity contribution in [1.82, 2.24) is 19.7 Å². The molecule has 0 radical (unpaired) electrons. The molecular formula is C22H26N4O2S. The van der Waals surface area contributed by atoms with E-state index in [0.29, 0.717) is 30.6 Å². The minimum Gasteiger partial charge on any atom is -0.337 e. The van der Waals surface area contributed by atoms with Gasteiger partial charge in [0.2, 0.25) is 0 Å². The summed E-state index contributed by atoms with van der Waals surface area (Å²) in [5.41, 5.74) is 1.63. The Labute approximate surface area is 174 Å². The van der Waals surface area contributed by atoms with Gasteiger partial charge in [-0.3, -0.25) is 9.59 Å². The molecule has 1 saturated heterocycles. The molecule has 0 saturated carbocycles. The summed E-state index contributed by atoms with van der Waals surface area (Å²) < 4.78 is 2.63. The molecule has 152 valence electrons. The number of likely N-dealkylation sites (tertiary alicyclic amines) is 1. The van der Waals surface area contributed by atoms with Crippen LogP contribution in [0.4, 0.5) is 0 Å². The average molecular weight is 411 g/mol. The third-order valence-corrected chi connectivity index (χ3v) is 6.47. The molecule has 29 heavy (non-hydrogen) atoms. The Morgan fingerprint density at radius 2 is 1.86 bits per heavy atom. The number of fused-ring (bicyclic) bond motifs is 1. The summed E-state index contributed by atoms with van der Waals surface area (Å²) in [6, 6.07) is 11.3. The number of para-hydroxylation sites is 1. The largest absolute Gasteiger partial charge is 0.337 e. The molecule has 6 nitrogen and oxygen atoms in total. The lowest BCUT2D eigenvalue weighted by Gasteiger charge is -2.31. The van der Waals surface area contributed by atoms with Crippen LogP contribution in [0.15, 0.2) is 41.2 Å². The molecule has 7 heteroatoms. The first-order chi connectivity index (χ1) is 13.8. The Balaban J connectivity index is 1.41. The van der Waals surface area contributed by atoms with Gasteiger partial charge in [-0.1, -0.05) is 32.9 Å². The Morgan fingerprint density at radius 1 is 1.14 bits per heavy atom. The van der Waals surface area contributed by atoms with E-state index in [1.807, 2.05) is 35.2 Å². The molecule has 0 aliphatic carbocycles. The number of nitrogens with zero attached hydrogens (tertiary/aromatic N) is 4. The number of carbonyl (C=O) groups excluding carboxylic acids is 1. The lowest BCUT2D eigenvalue weighted by Crippen LogP contribution is -2.40. The van der Waals surface area contributed by atoms with Gasteiger partial charge in [0.25, 0.3) is 11.5 Å². The van der Waals surface area contributed by atoms with Gasteiger partial charge >= 0.3 is 0 Å². The van der Waals surface area contributed by atoms with Crippen molar-refractivity contribution < 1.29 is 4.79 Å². The highest BCUT2D eigenvalue weighted by atomic mass is 32.1. The van der Waals surface area contributed by atoms with Gasteiger partial charge in [-0.05, 0) is 37.0 Å². The van der Waals surface area contributed by atoms with Crippen LogP contribution in [-0.2, 0) is 12.0 Å². The first-order valence-electron chi connectivity index (χ1n) is 10.0. The quantitative estimate of drug-likeness (QED) is 0.660. The van der Waals surface area contributed by atoms with E-state index in [0.717, 1.165) is 28.8 Å². The van der Waals surface area contributed by atoms with E-state index in [-0.39, 0.29) is 16.9 Å². The number of aromatic nitrogens is 3. The van der Waals surface area contributed by atoms with Crippen LogP contribution in [0.25, 0.3) is 10.2 Å². The molecule has 3 aromatic rings. The number of hydrogen-bond donors (Lipinski definition) is 0. The van der Waals surface area contributed by atoms with Gasteiger partial charge in [-0.15, -0.1) is 11.3 Å². The molecule has 3 heterocycles. The molecule has 0 N–H and O–H groups in total. The topological polar surface area (TPSA) is 68.1 Å². The molecule has 4 rings (SSSR count). The molecular weight excluding hydrogens is 384 g/mol. The SMILES string of the molecule is CC(C)(C)c1ccc(=O)n(CC2CCN(C(=O)c3nc4ccccc4s3)CC2)n1. The average Bonchev–Trinajstić information content (AvgIpc) is 3.13. The Kier molecular flexibility index (Phi) is 5.25. The van der Waals surface area contributed by atoms with E-state index in [1.54, 1.807) is 10.7 Å². The third-order valence-electron chi connectivity index (χ3n) is 5.44. The first-order valence-corrected chi connectivity index (χ1v) is 10.9. The number of rotatable bonds is 3. The molecule has 1 aliphatic rings. The van der Waals surface area contributed by atoms with Gasteiger partial charge in [0.1, 0.15) is 0 Å². The fraction of sp³-hybridized carbons (Fsp3) is 0.455. The van der Waals surface area contributed by atoms with Gasteiger partial charge in [0.05, 0.1) is 15.9 Å². The maximum Gasteiger partial charge on any atom is 0.282 e. The summed E-state index contributed by atoms with van der Waals surface area (Å²) in [7, 11) is 0. The van der Waals surface area contributed by atoms with Gasteiger partial charge in [-0.25, -0.2) is 9.67 Å². The van der Waals surface area contributed by atoms with Crippen molar-refractivity contribution in [3.63, 3.8) is 0 Å². The summed E-state index contributed by atoms with van der Waals surface area (Å²) in [6.07, 6.45) is 1.73. The molecule has 0 bridgehead atoms. The van der Waals surface area contributed by atoms with Crippen LogP contribution in [0, 0.1) is 5.92 Å². The smallest absolute Gasteiger partial charge is 0.282 e. The number of thiazole rings is 1. The van der Waals surface area contributed by atoms with E-state index in [4.69, 9.17) is 0 Å². The van der Waals surface area contributed by atoms with Crippen LogP contribution in [-0.4, -0.2) is 38.7 Å². The molecule has 1 aliphatic heterocycles. The van der Waals surface area contributed by atoms with Crippen LogP contribution in [0.3, 0.4) is 0 Å². The summed E-state index contributed by atoms with van der Waals surface area (Å²) in [5, 5.41) is 5.13. The van der Waals surface area contributed by atoms with Crippen LogP contribution in [0.2, 0.25) is 0 Å². The molecule has 1 fully saturated rings. The van der Waals surface area contributed by atoms with E-state index >= 15 is 0 Å². The second-order valence-corrected chi connectivity index (χ2v) is 9.74. The van der Waals surface area contributed by atoms with E-state index in [9.17, 15) is 9.59 Å². The van der Waals surface area contributed by atoms with Crippen molar-refractivity contribution in [2.24, 2.45) is 5.92 Å². The molecule has 0 spiro atoms. The van der Waals surface area contributed by atoms with Gasteiger partial charge < -0.3 is 4.90 Å². The maximum atomic E-state index is 12.8. The summed E-state index contributed by atoms with van der Waals surface area (Å²) >= 11 is 1.45. The number of piperidine rings is 1. The molecule has 2 aromatic heterocycles. The normalized spacial score (nSPS) is 15.8. The van der Waals surface area contributed by atoms with Crippen molar-refractivity contribution in [2.45, 2.75) is 45.6 Å². The van der Waals surface area contributed by atoms with Crippen LogP contribution in [0.1, 0.15) is 49.1 Å². The number of amides is 1. The number of carbonyl (C=O) groups is 1. The lowest BCUT2D eigenvalue weighted by atomic mass is 9.92. The zero-order valence-electron chi connectivity index (χ0n) is 17.1. The molecule has 1 aromatic carbocycles. The van der Waals surface area contributed by atoms with Crippen molar-refractivity contribution in [3.8, 4) is 0 Å². The fourth-order valence-electron chi connectivity index (χ4n) is 3.64. The van der Waals surface area contributed by atoms with Crippen LogP contribution >= 0.6 is 11.3 Å². The monoisotopic (exact) mass is 410 g/mol. The van der Waals surface area contributed by atoms with Crippen molar-refractivity contribution in [2.75, 3.05) is 13.1 Å². The maximum absolute atomic E-state index is 12.8. The number of benzene rings is 1. The minimum atomic E-state index is -0.0948. The highest BCUT2D eigenvalue weighted by molar-refractivity contribution is 7.20. The zero-order chi connectivity index (χ0) is 20.6. The van der Waals surface area contributed by atoms with Crippen LogP contribution in [0.5, 0.6) is 0 Å². The molecule has 0 atom stereocenters. The number of hydrogen-bond acceptors (Lipinski definition) is 5. The zero-order valence-corrected chi connectivity index (χ0v) is 17.9. The molecule has 1 amide bonds. The standard InChI is InChI=1S/C22H26N4O2S/c1-22(2,3)18-8-9-19(27)26(24-18)14-15-10-12-25(13-11-15)21(28)20-23-16-6-4-5-7-17(16)29-20/h4-9,15H,10-14H2,1-3H3. The second-order valence-electron chi connectivity index (χ2n) is 8.71. The Hall–Kier alpha value is -2.54. The predicted octanol–water partition coefficient (Wildman–Crippen LogP) is 3.70. The van der Waals surface area contributed by atoms with E-state index < -0.39 is 0 Å². The first kappa shape index (κ1) is 19.8. The lowest BCUT2D eigenvalue weighted by molar-refractivity contribution is 0.0680. The Bertz CT molecular complexity index is 1050. The highest BCUT2D eigenvalue weighted by Gasteiger charge is 2.26. The molecule has 0 unspecified atom stereocenters. The minimum absolute atomic E-state index is 0.00896. The van der Waals surface area contributed by atoms with Crippen molar-refractivity contribution in [3.05, 3.63) is 57.5 Å². The van der Waals surface area contributed by atoms with Gasteiger partial charge in [-0.2, -0.15) is 5.10 Å².